The third kappa shape index (κ3) is 9.74. The number of ether oxygens (including phenoxy) is 1. The molecule has 1 unspecified atom stereocenters. The van der Waals surface area contributed by atoms with Crippen molar-refractivity contribution in [3.8, 4) is 11.1 Å². The van der Waals surface area contributed by atoms with E-state index in [0.29, 0.717) is 6.61 Å². The molecule has 1 atom stereocenters. The van der Waals surface area contributed by atoms with Gasteiger partial charge in [0.2, 0.25) is 0 Å². The number of carboxylic acid groups (broad SMARTS) is 2. The Kier molecular flexibility index (Phi) is 11.0. The van der Waals surface area contributed by atoms with Crippen LogP contribution in [-0.2, 0) is 20.9 Å². The number of nitrogens with zero attached hydrogens (tertiary/aromatic N) is 5. The number of hydrogen-bond donors (Lipinski definition) is 2. The van der Waals surface area contributed by atoms with Crippen molar-refractivity contribution in [2.45, 2.75) is 38.8 Å². The average Bonchev–Trinajstić information content (AvgIpc) is 3.37. The van der Waals surface area contributed by atoms with E-state index in [0.717, 1.165) is 47.8 Å². The molecule has 1 aliphatic rings. The second-order valence-corrected chi connectivity index (χ2v) is 9.56. The number of aliphatic carboxylic acids is 2. The summed E-state index contributed by atoms with van der Waals surface area (Å²) in [6.07, 6.45) is -8.22. The maximum Gasteiger partial charge on any atom is 0.490 e. The van der Waals surface area contributed by atoms with Gasteiger partial charge in [0.15, 0.2) is 0 Å². The van der Waals surface area contributed by atoms with Crippen LogP contribution in [-0.4, -0.2) is 78.9 Å². The number of morpholine rings is 1. The van der Waals surface area contributed by atoms with Crippen molar-refractivity contribution in [2.24, 2.45) is 0 Å². The summed E-state index contributed by atoms with van der Waals surface area (Å²) >= 11 is 0. The lowest BCUT2D eigenvalue weighted by molar-refractivity contribution is -0.193. The molecule has 44 heavy (non-hydrogen) atoms. The molecule has 5 rings (SSSR count). The van der Waals surface area contributed by atoms with E-state index in [9.17, 15) is 26.3 Å². The highest BCUT2D eigenvalue weighted by atomic mass is 19.4. The first-order valence-corrected chi connectivity index (χ1v) is 12.8. The van der Waals surface area contributed by atoms with Crippen molar-refractivity contribution < 1.29 is 50.9 Å². The van der Waals surface area contributed by atoms with E-state index in [4.69, 9.17) is 24.5 Å². The normalized spacial score (nSPS) is 15.5. The summed E-state index contributed by atoms with van der Waals surface area (Å²) in [6.45, 7) is 7.29. The van der Waals surface area contributed by atoms with Crippen LogP contribution in [0.2, 0.25) is 0 Å². The van der Waals surface area contributed by atoms with Crippen molar-refractivity contribution in [3.05, 3.63) is 83.4 Å². The fourth-order valence-corrected chi connectivity index (χ4v) is 3.99. The highest BCUT2D eigenvalue weighted by Gasteiger charge is 2.39. The molecule has 0 bridgehead atoms. The molecule has 4 aromatic rings. The Morgan fingerprint density at radius 2 is 1.50 bits per heavy atom. The molecule has 0 amide bonds. The van der Waals surface area contributed by atoms with Crippen molar-refractivity contribution in [1.29, 1.82) is 0 Å². The van der Waals surface area contributed by atoms with Gasteiger partial charge < -0.3 is 14.9 Å². The first kappa shape index (κ1) is 33.9. The highest BCUT2D eigenvalue weighted by molar-refractivity contribution is 5.73. The smallest absolute Gasteiger partial charge is 0.475 e. The molecule has 1 aliphatic heterocycles. The van der Waals surface area contributed by atoms with E-state index in [1.54, 1.807) is 0 Å². The van der Waals surface area contributed by atoms with E-state index in [1.165, 1.54) is 11.1 Å². The molecular formula is C28H27F6N5O5. The van der Waals surface area contributed by atoms with Gasteiger partial charge in [0.25, 0.3) is 0 Å². The van der Waals surface area contributed by atoms with E-state index >= 15 is 0 Å². The number of alkyl halides is 6. The number of benzene rings is 1. The van der Waals surface area contributed by atoms with Gasteiger partial charge in [-0.05, 0) is 37.6 Å². The first-order chi connectivity index (χ1) is 20.5. The number of halogens is 6. The minimum atomic E-state index is -5.08. The van der Waals surface area contributed by atoms with Gasteiger partial charge in [-0.2, -0.15) is 26.3 Å². The van der Waals surface area contributed by atoms with Crippen LogP contribution in [0, 0.1) is 13.8 Å². The quantitative estimate of drug-likeness (QED) is 0.292. The lowest BCUT2D eigenvalue weighted by Gasteiger charge is -2.31. The molecule has 0 radical (unpaired) electrons. The summed E-state index contributed by atoms with van der Waals surface area (Å²) in [4.78, 5) is 24.8. The fourth-order valence-electron chi connectivity index (χ4n) is 3.99. The molecule has 0 spiro atoms. The monoisotopic (exact) mass is 627 g/mol. The molecule has 16 heteroatoms. The number of carboxylic acids is 2. The van der Waals surface area contributed by atoms with Crippen LogP contribution in [0.4, 0.5) is 26.3 Å². The van der Waals surface area contributed by atoms with Crippen LogP contribution >= 0.6 is 0 Å². The molecule has 1 aromatic carbocycles. The van der Waals surface area contributed by atoms with Crippen molar-refractivity contribution in [1.82, 2.24) is 24.7 Å². The van der Waals surface area contributed by atoms with Crippen LogP contribution < -0.4 is 0 Å². The summed E-state index contributed by atoms with van der Waals surface area (Å²) in [5.74, 6) is -5.51. The highest BCUT2D eigenvalue weighted by Crippen LogP contribution is 2.27. The summed E-state index contributed by atoms with van der Waals surface area (Å²) in [7, 11) is 0. The Labute approximate surface area is 246 Å². The minimum absolute atomic E-state index is 0.0914. The number of pyridine rings is 2. The summed E-state index contributed by atoms with van der Waals surface area (Å²) in [6, 6.07) is 18.9. The van der Waals surface area contributed by atoms with Gasteiger partial charge in [-0.1, -0.05) is 47.2 Å². The second kappa shape index (κ2) is 14.3. The summed E-state index contributed by atoms with van der Waals surface area (Å²) in [5, 5.41) is 23.1. The fraction of sp³-hybridized carbons (Fsp3) is 0.321. The van der Waals surface area contributed by atoms with Crippen LogP contribution in [0.15, 0.2) is 60.8 Å². The van der Waals surface area contributed by atoms with Gasteiger partial charge in [-0.15, -0.1) is 5.10 Å². The molecular weight excluding hydrogens is 600 g/mol. The minimum Gasteiger partial charge on any atom is -0.475 e. The number of hydrogen-bond acceptors (Lipinski definition) is 7. The Hall–Kier alpha value is -4.57. The zero-order chi connectivity index (χ0) is 32.7. The number of rotatable bonds is 4. The predicted molar refractivity (Wildman–Crippen MR) is 143 cm³/mol. The summed E-state index contributed by atoms with van der Waals surface area (Å²) < 4.78 is 71.4. The number of aromatic nitrogens is 4. The number of fused-ring (bicyclic) bond motifs is 1. The van der Waals surface area contributed by atoms with E-state index in [2.05, 4.69) is 75.7 Å². The van der Waals surface area contributed by atoms with E-state index < -0.39 is 24.3 Å². The first-order valence-electron chi connectivity index (χ1n) is 12.8. The maximum atomic E-state index is 10.6. The Bertz CT molecular complexity index is 1550. The molecule has 1 fully saturated rings. The molecule has 10 nitrogen and oxygen atoms in total. The molecule has 0 aliphatic carbocycles. The van der Waals surface area contributed by atoms with E-state index in [-0.39, 0.29) is 6.10 Å². The van der Waals surface area contributed by atoms with Crippen LogP contribution in [0.25, 0.3) is 16.6 Å². The van der Waals surface area contributed by atoms with Gasteiger partial charge in [0.05, 0.1) is 17.8 Å². The zero-order valence-electron chi connectivity index (χ0n) is 23.3. The summed E-state index contributed by atoms with van der Waals surface area (Å²) in [5.41, 5.74) is 7.57. The van der Waals surface area contributed by atoms with E-state index in [1.807, 2.05) is 23.7 Å². The van der Waals surface area contributed by atoms with Gasteiger partial charge in [-0.25, -0.2) is 14.1 Å². The van der Waals surface area contributed by atoms with Crippen LogP contribution in [0.3, 0.4) is 0 Å². The third-order valence-electron chi connectivity index (χ3n) is 6.10. The Morgan fingerprint density at radius 1 is 0.909 bits per heavy atom. The average molecular weight is 628 g/mol. The standard InChI is InChI=1S/C24H25N5O.2C2HF3O2/c1-17-6-8-19(9-7-17)20-10-11-22-24(26-27-29(22)14-20)23-16-28(12-13-30-23)15-21-5-3-4-18(2)25-21;2*3-2(4,5)1(6)7/h3-11,14,23H,12-13,15-16H2,1-2H3;2*(H,6,7). The lowest BCUT2D eigenvalue weighted by atomic mass is 10.1. The second-order valence-electron chi connectivity index (χ2n) is 9.56. The molecule has 1 saturated heterocycles. The van der Waals surface area contributed by atoms with Crippen molar-refractivity contribution in [2.75, 3.05) is 19.7 Å². The maximum absolute atomic E-state index is 10.6. The zero-order valence-corrected chi connectivity index (χ0v) is 23.3. The molecule has 0 saturated carbocycles. The molecule has 236 valence electrons. The van der Waals surface area contributed by atoms with Gasteiger partial charge in [-0.3, -0.25) is 9.88 Å². The predicted octanol–water partition coefficient (Wildman–Crippen LogP) is 5.25. The number of aryl methyl sites for hydroxylation is 2. The van der Waals surface area contributed by atoms with Crippen LogP contribution in [0.1, 0.15) is 28.7 Å². The van der Waals surface area contributed by atoms with Crippen molar-refractivity contribution >= 4 is 17.5 Å². The number of carbonyl (C=O) groups is 2. The molecule has 2 N–H and O–H groups in total. The Morgan fingerprint density at radius 3 is 2.07 bits per heavy atom. The van der Waals surface area contributed by atoms with Gasteiger partial charge in [0.1, 0.15) is 11.8 Å². The Balaban J connectivity index is 0.000000317. The van der Waals surface area contributed by atoms with Crippen LogP contribution in [0.5, 0.6) is 0 Å². The largest absolute Gasteiger partial charge is 0.490 e. The van der Waals surface area contributed by atoms with Gasteiger partial charge in [0, 0.05) is 37.1 Å². The van der Waals surface area contributed by atoms with Gasteiger partial charge >= 0.3 is 24.3 Å². The molecule has 3 aromatic heterocycles. The molecule has 4 heterocycles. The topological polar surface area (TPSA) is 130 Å². The van der Waals surface area contributed by atoms with Crippen molar-refractivity contribution in [3.63, 3.8) is 0 Å². The SMILES string of the molecule is Cc1ccc(-c2ccc3c(C4CN(Cc5cccc(C)n5)CCO4)nnn3c2)cc1.O=C(O)C(F)(F)F.O=C(O)C(F)(F)F. The lowest BCUT2D eigenvalue weighted by Crippen LogP contribution is -2.38. The third-order valence-corrected chi connectivity index (χ3v) is 6.10.